The van der Waals surface area contributed by atoms with E-state index in [-0.39, 0.29) is 23.9 Å². The van der Waals surface area contributed by atoms with Crippen LogP contribution in [0.1, 0.15) is 19.8 Å². The molecule has 2 aromatic heterocycles. The van der Waals surface area contributed by atoms with Crippen LogP contribution in [-0.2, 0) is 16.1 Å². The normalized spacial score (nSPS) is 17.6. The first kappa shape index (κ1) is 17.3. The summed E-state index contributed by atoms with van der Waals surface area (Å²) < 4.78 is 1.57. The van der Waals surface area contributed by atoms with Crippen LogP contribution in [0.15, 0.2) is 11.1 Å². The molecule has 2 aromatic rings. The molecule has 1 unspecified atom stereocenters. The maximum absolute atomic E-state index is 12.4. The zero-order valence-electron chi connectivity index (χ0n) is 13.9. The van der Waals surface area contributed by atoms with Crippen LogP contribution < -0.4 is 21.5 Å². The lowest BCUT2D eigenvalue weighted by Crippen LogP contribution is -2.43. The number of aromatic nitrogens is 3. The highest BCUT2D eigenvalue weighted by Gasteiger charge is 2.27. The predicted molar refractivity (Wildman–Crippen MR) is 94.5 cm³/mol. The van der Waals surface area contributed by atoms with E-state index < -0.39 is 5.91 Å². The highest BCUT2D eigenvalue weighted by molar-refractivity contribution is 7.22. The van der Waals surface area contributed by atoms with Crippen LogP contribution in [0.3, 0.4) is 0 Å². The fourth-order valence-electron chi connectivity index (χ4n) is 2.93. The molecule has 0 aromatic carbocycles. The van der Waals surface area contributed by atoms with E-state index in [1.807, 2.05) is 11.8 Å². The van der Waals surface area contributed by atoms with E-state index in [1.165, 1.54) is 22.2 Å². The van der Waals surface area contributed by atoms with Crippen molar-refractivity contribution in [2.45, 2.75) is 26.3 Å². The van der Waals surface area contributed by atoms with Gasteiger partial charge in [-0.05, 0) is 19.8 Å². The van der Waals surface area contributed by atoms with Gasteiger partial charge in [-0.3, -0.25) is 19.0 Å². The smallest absolute Gasteiger partial charge is 0.273 e. The van der Waals surface area contributed by atoms with Crippen molar-refractivity contribution in [3.05, 3.63) is 16.7 Å². The van der Waals surface area contributed by atoms with E-state index in [4.69, 9.17) is 5.73 Å². The number of carbonyl (C=O) groups excluding carboxylic acids is 2. The maximum Gasteiger partial charge on any atom is 0.273 e. The van der Waals surface area contributed by atoms with Crippen molar-refractivity contribution in [3.63, 3.8) is 0 Å². The minimum absolute atomic E-state index is 0.0512. The Morgan fingerprint density at radius 1 is 1.48 bits per heavy atom. The molecule has 3 N–H and O–H groups in total. The summed E-state index contributed by atoms with van der Waals surface area (Å²) in [5.74, 6) is -0.635. The van der Waals surface area contributed by atoms with Crippen molar-refractivity contribution >= 4 is 38.6 Å². The number of hydrogen-bond acceptors (Lipinski definition) is 7. The highest BCUT2D eigenvalue weighted by atomic mass is 32.1. The van der Waals surface area contributed by atoms with Crippen molar-refractivity contribution < 1.29 is 9.59 Å². The molecule has 3 heterocycles. The van der Waals surface area contributed by atoms with Crippen molar-refractivity contribution in [1.82, 2.24) is 19.9 Å². The summed E-state index contributed by atoms with van der Waals surface area (Å²) in [6, 6.07) is 0. The number of carbonyl (C=O) groups is 2. The third-order valence-electron chi connectivity index (χ3n) is 4.11. The molecule has 25 heavy (non-hydrogen) atoms. The van der Waals surface area contributed by atoms with Gasteiger partial charge in [-0.15, -0.1) is 0 Å². The minimum atomic E-state index is -0.603. The lowest BCUT2D eigenvalue weighted by Gasteiger charge is -2.31. The summed E-state index contributed by atoms with van der Waals surface area (Å²) in [6.07, 6.45) is 3.01. The van der Waals surface area contributed by atoms with Crippen LogP contribution in [0, 0.1) is 5.92 Å². The standard InChI is InChI=1S/C15H20N6O3S/c1-2-17-13(23)9-4-3-5-20(6-9)15-19-12-11(25-15)14(24)21(8-18-12)7-10(16)22/h8-9H,2-7H2,1H3,(H2,16,22)(H,17,23). The Labute approximate surface area is 147 Å². The number of anilines is 1. The minimum Gasteiger partial charge on any atom is -0.368 e. The zero-order chi connectivity index (χ0) is 18.0. The van der Waals surface area contributed by atoms with Gasteiger partial charge < -0.3 is 16.0 Å². The lowest BCUT2D eigenvalue weighted by molar-refractivity contribution is -0.125. The van der Waals surface area contributed by atoms with Gasteiger partial charge in [0, 0.05) is 19.6 Å². The molecule has 2 amide bonds. The zero-order valence-corrected chi connectivity index (χ0v) is 14.7. The third-order valence-corrected chi connectivity index (χ3v) is 5.21. The van der Waals surface area contributed by atoms with Crippen LogP contribution >= 0.6 is 11.3 Å². The van der Waals surface area contributed by atoms with E-state index >= 15 is 0 Å². The molecule has 1 saturated heterocycles. The third kappa shape index (κ3) is 3.63. The number of nitrogens with zero attached hydrogens (tertiary/aromatic N) is 4. The molecule has 0 aliphatic carbocycles. The molecule has 1 aliphatic rings. The highest BCUT2D eigenvalue weighted by Crippen LogP contribution is 2.29. The summed E-state index contributed by atoms with van der Waals surface area (Å²) in [4.78, 5) is 46.1. The SMILES string of the molecule is CCNC(=O)C1CCCN(c2nc3ncn(CC(N)=O)c(=O)c3s2)C1. The molecular weight excluding hydrogens is 344 g/mol. The molecule has 1 atom stereocenters. The molecule has 0 bridgehead atoms. The Hall–Kier alpha value is -2.49. The van der Waals surface area contributed by atoms with E-state index in [0.717, 1.165) is 19.4 Å². The molecule has 134 valence electrons. The number of nitrogens with one attached hydrogen (secondary N) is 1. The fourth-order valence-corrected chi connectivity index (χ4v) is 3.94. The first-order chi connectivity index (χ1) is 12.0. The van der Waals surface area contributed by atoms with Gasteiger partial charge in [0.25, 0.3) is 5.56 Å². The van der Waals surface area contributed by atoms with E-state index in [2.05, 4.69) is 15.3 Å². The predicted octanol–water partition coefficient (Wildman–Crippen LogP) is -0.309. The molecule has 1 aliphatic heterocycles. The molecule has 1 fully saturated rings. The van der Waals surface area contributed by atoms with E-state index in [1.54, 1.807) is 0 Å². The number of rotatable bonds is 5. The van der Waals surface area contributed by atoms with Gasteiger partial charge in [-0.25, -0.2) is 4.98 Å². The summed E-state index contributed by atoms with van der Waals surface area (Å²) in [7, 11) is 0. The van der Waals surface area contributed by atoms with Gasteiger partial charge in [-0.1, -0.05) is 11.3 Å². The number of hydrogen-bond donors (Lipinski definition) is 2. The summed E-state index contributed by atoms with van der Waals surface area (Å²) >= 11 is 1.23. The van der Waals surface area contributed by atoms with Gasteiger partial charge in [0.15, 0.2) is 10.8 Å². The molecule has 10 heteroatoms. The number of primary amides is 1. The lowest BCUT2D eigenvalue weighted by atomic mass is 9.97. The van der Waals surface area contributed by atoms with Crippen LogP contribution in [0.25, 0.3) is 10.3 Å². The second-order valence-electron chi connectivity index (χ2n) is 5.97. The van der Waals surface area contributed by atoms with Crippen LogP contribution in [0.2, 0.25) is 0 Å². The van der Waals surface area contributed by atoms with Gasteiger partial charge in [0.05, 0.1) is 5.92 Å². The Kier molecular flexibility index (Phi) is 4.98. The first-order valence-electron chi connectivity index (χ1n) is 8.16. The fraction of sp³-hybridized carbons (Fsp3) is 0.533. The van der Waals surface area contributed by atoms with E-state index in [0.29, 0.717) is 28.6 Å². The van der Waals surface area contributed by atoms with Crippen molar-refractivity contribution in [2.75, 3.05) is 24.5 Å². The second kappa shape index (κ2) is 7.18. The van der Waals surface area contributed by atoms with Crippen LogP contribution in [-0.4, -0.2) is 46.0 Å². The number of nitrogens with two attached hydrogens (primary N) is 1. The summed E-state index contributed by atoms with van der Waals surface area (Å²) in [5.41, 5.74) is 5.17. The monoisotopic (exact) mass is 364 g/mol. The largest absolute Gasteiger partial charge is 0.368 e. The molecule has 0 radical (unpaired) electrons. The Morgan fingerprint density at radius 2 is 2.28 bits per heavy atom. The average molecular weight is 364 g/mol. The van der Waals surface area contributed by atoms with Crippen LogP contribution in [0.5, 0.6) is 0 Å². The number of fused-ring (bicyclic) bond motifs is 1. The van der Waals surface area contributed by atoms with E-state index in [9.17, 15) is 14.4 Å². The maximum atomic E-state index is 12.4. The average Bonchev–Trinajstić information content (AvgIpc) is 3.03. The van der Waals surface area contributed by atoms with Crippen molar-refractivity contribution in [2.24, 2.45) is 11.7 Å². The number of piperidine rings is 1. The summed E-state index contributed by atoms with van der Waals surface area (Å²) in [5, 5.41) is 3.53. The van der Waals surface area contributed by atoms with Gasteiger partial charge in [0.1, 0.15) is 17.6 Å². The molecular formula is C15H20N6O3S. The molecule has 0 saturated carbocycles. The first-order valence-corrected chi connectivity index (χ1v) is 8.98. The van der Waals surface area contributed by atoms with Crippen LogP contribution in [0.4, 0.5) is 5.13 Å². The van der Waals surface area contributed by atoms with Gasteiger partial charge in [-0.2, -0.15) is 4.98 Å². The van der Waals surface area contributed by atoms with Gasteiger partial charge >= 0.3 is 0 Å². The quantitative estimate of drug-likeness (QED) is 0.750. The second-order valence-corrected chi connectivity index (χ2v) is 6.95. The summed E-state index contributed by atoms with van der Waals surface area (Å²) in [6.45, 7) is 3.65. The number of thiazole rings is 1. The number of amides is 2. The molecule has 0 spiro atoms. The Morgan fingerprint density at radius 3 is 3.00 bits per heavy atom. The topological polar surface area (TPSA) is 123 Å². The van der Waals surface area contributed by atoms with Crippen molar-refractivity contribution in [3.8, 4) is 0 Å². The molecule has 9 nitrogen and oxygen atoms in total. The van der Waals surface area contributed by atoms with Gasteiger partial charge in [0.2, 0.25) is 11.8 Å². The Bertz CT molecular complexity index is 861. The molecule has 3 rings (SSSR count). The van der Waals surface area contributed by atoms with Crippen molar-refractivity contribution in [1.29, 1.82) is 0 Å². The Balaban J connectivity index is 1.86.